The molecule has 102 valence electrons. The Morgan fingerprint density at radius 3 is 2.28 bits per heavy atom. The molecule has 0 bridgehead atoms. The monoisotopic (exact) mass is 254 g/mol. The Hall–Kier alpha value is -1.26. The van der Waals surface area contributed by atoms with Crippen molar-refractivity contribution in [3.05, 3.63) is 0 Å². The summed E-state index contributed by atoms with van der Waals surface area (Å²) in [5.74, 6) is -0.665. The average Bonchev–Trinajstić information content (AvgIpc) is 2.81. The Labute approximate surface area is 108 Å². The second-order valence-corrected chi connectivity index (χ2v) is 5.79. The lowest BCUT2D eigenvalue weighted by Crippen LogP contribution is -2.47. The van der Waals surface area contributed by atoms with Crippen molar-refractivity contribution in [2.24, 2.45) is 11.8 Å². The van der Waals surface area contributed by atoms with Crippen LogP contribution in [-0.2, 0) is 4.79 Å². The van der Waals surface area contributed by atoms with E-state index in [1.54, 1.807) is 4.90 Å². The number of aliphatic carboxylic acids is 1. The minimum Gasteiger partial charge on any atom is -0.481 e. The number of nitrogens with zero attached hydrogens (tertiary/aromatic N) is 2. The van der Waals surface area contributed by atoms with Crippen LogP contribution in [-0.4, -0.2) is 52.1 Å². The van der Waals surface area contributed by atoms with Crippen molar-refractivity contribution in [1.29, 1.82) is 0 Å². The van der Waals surface area contributed by atoms with E-state index in [1.165, 1.54) is 0 Å². The second kappa shape index (κ2) is 4.78. The van der Waals surface area contributed by atoms with Gasteiger partial charge in [-0.3, -0.25) is 4.79 Å². The quantitative estimate of drug-likeness (QED) is 0.773. The van der Waals surface area contributed by atoms with Crippen molar-refractivity contribution < 1.29 is 14.7 Å². The number of urea groups is 1. The SMILES string of the molecule is CC1CC(C)N(C(=O)N2CCC(C(=O)O)C2C)C1. The first-order valence-corrected chi connectivity index (χ1v) is 6.71. The molecule has 0 aromatic carbocycles. The van der Waals surface area contributed by atoms with Gasteiger partial charge in [0.05, 0.1) is 5.92 Å². The summed E-state index contributed by atoms with van der Waals surface area (Å²) in [7, 11) is 0. The molecular weight excluding hydrogens is 232 g/mol. The molecule has 0 spiro atoms. The maximum atomic E-state index is 12.4. The van der Waals surface area contributed by atoms with E-state index in [9.17, 15) is 9.59 Å². The van der Waals surface area contributed by atoms with Crippen molar-refractivity contribution in [3.8, 4) is 0 Å². The number of likely N-dealkylation sites (tertiary alicyclic amines) is 2. The third kappa shape index (κ3) is 2.18. The molecule has 2 fully saturated rings. The molecule has 2 saturated heterocycles. The first-order valence-electron chi connectivity index (χ1n) is 6.71. The average molecular weight is 254 g/mol. The van der Waals surface area contributed by atoms with Crippen LogP contribution in [0.3, 0.4) is 0 Å². The lowest BCUT2D eigenvalue weighted by Gasteiger charge is -2.31. The molecule has 18 heavy (non-hydrogen) atoms. The van der Waals surface area contributed by atoms with Crippen LogP contribution in [0.1, 0.15) is 33.6 Å². The van der Waals surface area contributed by atoms with Crippen molar-refractivity contribution >= 4 is 12.0 Å². The van der Waals surface area contributed by atoms with Gasteiger partial charge in [0.2, 0.25) is 0 Å². The summed E-state index contributed by atoms with van der Waals surface area (Å²) in [6.45, 7) is 7.41. The first kappa shape index (κ1) is 13.2. The molecule has 0 saturated carbocycles. The first-order chi connectivity index (χ1) is 8.41. The predicted octanol–water partition coefficient (Wildman–Crippen LogP) is 1.63. The molecule has 0 aromatic heterocycles. The zero-order valence-corrected chi connectivity index (χ0v) is 11.3. The topological polar surface area (TPSA) is 60.9 Å². The number of carboxylic acid groups (broad SMARTS) is 1. The highest BCUT2D eigenvalue weighted by molar-refractivity contribution is 5.78. The van der Waals surface area contributed by atoms with E-state index in [2.05, 4.69) is 13.8 Å². The summed E-state index contributed by atoms with van der Waals surface area (Å²) >= 11 is 0. The summed E-state index contributed by atoms with van der Waals surface area (Å²) in [5, 5.41) is 9.09. The number of amides is 2. The van der Waals surface area contributed by atoms with Crippen molar-refractivity contribution in [2.75, 3.05) is 13.1 Å². The zero-order valence-electron chi connectivity index (χ0n) is 11.3. The summed E-state index contributed by atoms with van der Waals surface area (Å²) in [6, 6.07) is 0.0878. The Morgan fingerprint density at radius 2 is 1.83 bits per heavy atom. The molecule has 0 radical (unpaired) electrons. The summed E-state index contributed by atoms with van der Waals surface area (Å²) < 4.78 is 0. The highest BCUT2D eigenvalue weighted by Gasteiger charge is 2.41. The molecule has 0 aliphatic carbocycles. The van der Waals surface area contributed by atoms with E-state index in [0.717, 1.165) is 13.0 Å². The standard InChI is InChI=1S/C13H22N2O3/c1-8-6-9(2)15(7-8)13(18)14-5-4-11(10(14)3)12(16)17/h8-11H,4-7H2,1-3H3,(H,16,17). The number of carbonyl (C=O) groups excluding carboxylic acids is 1. The van der Waals surface area contributed by atoms with Gasteiger partial charge in [0.15, 0.2) is 0 Å². The molecule has 5 heteroatoms. The Balaban J connectivity index is 2.04. The molecule has 4 unspecified atom stereocenters. The third-order valence-corrected chi connectivity index (χ3v) is 4.35. The Kier molecular flexibility index (Phi) is 3.50. The number of carboxylic acids is 1. The summed E-state index contributed by atoms with van der Waals surface area (Å²) in [5.41, 5.74) is 0. The fourth-order valence-corrected chi connectivity index (χ4v) is 3.27. The highest BCUT2D eigenvalue weighted by Crippen LogP contribution is 2.29. The van der Waals surface area contributed by atoms with E-state index >= 15 is 0 Å². The van der Waals surface area contributed by atoms with Gasteiger partial charge in [-0.1, -0.05) is 6.92 Å². The lowest BCUT2D eigenvalue weighted by atomic mass is 10.0. The van der Waals surface area contributed by atoms with Crippen LogP contribution in [0.25, 0.3) is 0 Å². The normalized spacial score (nSPS) is 36.2. The highest BCUT2D eigenvalue weighted by atomic mass is 16.4. The van der Waals surface area contributed by atoms with Crippen LogP contribution < -0.4 is 0 Å². The summed E-state index contributed by atoms with van der Waals surface area (Å²) in [6.07, 6.45) is 1.61. The van der Waals surface area contributed by atoms with E-state index < -0.39 is 11.9 Å². The molecule has 4 atom stereocenters. The minimum atomic E-state index is -0.791. The number of hydrogen-bond donors (Lipinski definition) is 1. The van der Waals surface area contributed by atoms with Gasteiger partial charge < -0.3 is 14.9 Å². The van der Waals surface area contributed by atoms with Crippen LogP contribution in [0.5, 0.6) is 0 Å². The van der Waals surface area contributed by atoms with Crippen molar-refractivity contribution in [1.82, 2.24) is 9.80 Å². The lowest BCUT2D eigenvalue weighted by molar-refractivity contribution is -0.142. The van der Waals surface area contributed by atoms with Crippen LogP contribution in [0.4, 0.5) is 4.79 Å². The van der Waals surface area contributed by atoms with Gasteiger partial charge in [0.1, 0.15) is 0 Å². The molecule has 2 rings (SSSR count). The molecule has 2 aliphatic rings. The van der Waals surface area contributed by atoms with Gasteiger partial charge in [0, 0.05) is 25.2 Å². The van der Waals surface area contributed by atoms with E-state index in [4.69, 9.17) is 5.11 Å². The molecular formula is C13H22N2O3. The molecule has 2 aliphatic heterocycles. The van der Waals surface area contributed by atoms with Crippen LogP contribution in [0.15, 0.2) is 0 Å². The van der Waals surface area contributed by atoms with Gasteiger partial charge in [-0.05, 0) is 32.6 Å². The fraction of sp³-hybridized carbons (Fsp3) is 0.846. The van der Waals surface area contributed by atoms with E-state index in [-0.39, 0.29) is 18.1 Å². The second-order valence-electron chi connectivity index (χ2n) is 5.79. The molecule has 2 amide bonds. The minimum absolute atomic E-state index is 0.0168. The number of carbonyl (C=O) groups is 2. The summed E-state index contributed by atoms with van der Waals surface area (Å²) in [4.78, 5) is 27.1. The van der Waals surface area contributed by atoms with Gasteiger partial charge in [-0.15, -0.1) is 0 Å². The van der Waals surface area contributed by atoms with Crippen LogP contribution in [0, 0.1) is 11.8 Å². The number of hydrogen-bond acceptors (Lipinski definition) is 2. The number of rotatable bonds is 1. The fourth-order valence-electron chi connectivity index (χ4n) is 3.27. The Morgan fingerprint density at radius 1 is 1.17 bits per heavy atom. The van der Waals surface area contributed by atoms with Crippen LogP contribution >= 0.6 is 0 Å². The van der Waals surface area contributed by atoms with Gasteiger partial charge >= 0.3 is 12.0 Å². The van der Waals surface area contributed by atoms with Crippen molar-refractivity contribution in [2.45, 2.75) is 45.7 Å². The van der Waals surface area contributed by atoms with E-state index in [0.29, 0.717) is 18.9 Å². The smallest absolute Gasteiger partial charge is 0.320 e. The van der Waals surface area contributed by atoms with Crippen molar-refractivity contribution in [3.63, 3.8) is 0 Å². The molecule has 2 heterocycles. The molecule has 5 nitrogen and oxygen atoms in total. The van der Waals surface area contributed by atoms with Gasteiger partial charge in [-0.25, -0.2) is 4.79 Å². The largest absolute Gasteiger partial charge is 0.481 e. The molecule has 0 aromatic rings. The predicted molar refractivity (Wildman–Crippen MR) is 67.3 cm³/mol. The van der Waals surface area contributed by atoms with Gasteiger partial charge in [0.25, 0.3) is 0 Å². The maximum absolute atomic E-state index is 12.4. The van der Waals surface area contributed by atoms with E-state index in [1.807, 2.05) is 11.8 Å². The Bertz CT molecular complexity index is 358. The maximum Gasteiger partial charge on any atom is 0.320 e. The van der Waals surface area contributed by atoms with Gasteiger partial charge in [-0.2, -0.15) is 0 Å². The third-order valence-electron chi connectivity index (χ3n) is 4.35. The van der Waals surface area contributed by atoms with Crippen LogP contribution in [0.2, 0.25) is 0 Å². The molecule has 1 N–H and O–H groups in total. The zero-order chi connectivity index (χ0) is 13.4.